The number of amides is 1. The van der Waals surface area contributed by atoms with Crippen LogP contribution in [0.2, 0.25) is 0 Å². The number of carbonyl (C=O) groups is 1. The number of nitrogens with one attached hydrogen (secondary N) is 1. The Bertz CT molecular complexity index is 912. The van der Waals surface area contributed by atoms with Crippen molar-refractivity contribution in [2.24, 2.45) is 0 Å². The van der Waals surface area contributed by atoms with Crippen LogP contribution in [0.1, 0.15) is 12.0 Å². The van der Waals surface area contributed by atoms with Crippen LogP contribution in [0.3, 0.4) is 0 Å². The van der Waals surface area contributed by atoms with Gasteiger partial charge in [0.05, 0.1) is 5.75 Å². The van der Waals surface area contributed by atoms with Gasteiger partial charge in [-0.1, -0.05) is 30.3 Å². The number of sulfonamides is 1. The fourth-order valence-electron chi connectivity index (χ4n) is 3.01. The van der Waals surface area contributed by atoms with Gasteiger partial charge < -0.3 is 10.2 Å². The summed E-state index contributed by atoms with van der Waals surface area (Å²) in [5, 5.41) is 2.72. The van der Waals surface area contributed by atoms with Crippen LogP contribution in [-0.4, -0.2) is 67.1 Å². The highest BCUT2D eigenvalue weighted by Gasteiger charge is 2.27. The van der Waals surface area contributed by atoms with Crippen LogP contribution in [0.15, 0.2) is 54.9 Å². The van der Waals surface area contributed by atoms with Crippen molar-refractivity contribution in [1.82, 2.24) is 19.6 Å². The fraction of sp³-hybridized carbons (Fsp3) is 0.350. The van der Waals surface area contributed by atoms with Crippen molar-refractivity contribution in [2.75, 3.05) is 43.4 Å². The van der Waals surface area contributed by atoms with Gasteiger partial charge in [-0.2, -0.15) is 4.31 Å². The number of nitrogens with zero attached hydrogens (tertiary/aromatic N) is 4. The monoisotopic (exact) mass is 415 g/mol. The van der Waals surface area contributed by atoms with E-state index in [1.54, 1.807) is 24.5 Å². The molecule has 1 aromatic carbocycles. The van der Waals surface area contributed by atoms with Crippen LogP contribution < -0.4 is 10.2 Å². The molecule has 2 aromatic rings. The first kappa shape index (κ1) is 20.9. The molecule has 0 spiro atoms. The topological polar surface area (TPSA) is 95.5 Å². The van der Waals surface area contributed by atoms with E-state index in [1.165, 1.54) is 10.4 Å². The summed E-state index contributed by atoms with van der Waals surface area (Å²) in [5.74, 6) is 0.399. The van der Waals surface area contributed by atoms with Gasteiger partial charge in [0.25, 0.3) is 0 Å². The summed E-state index contributed by atoms with van der Waals surface area (Å²) in [6.45, 7) is 2.25. The predicted molar refractivity (Wildman–Crippen MR) is 113 cm³/mol. The largest absolute Gasteiger partial charge is 0.353 e. The standard InChI is InChI=1S/C20H25N5O3S/c26-19(9-8-18-6-2-1-3-7-18)21-12-5-17-29(27,28)25-15-13-24(14-16-25)20-22-10-4-11-23-20/h1-4,6-11H,5,12-17H2,(H,21,26)/b9-8-. The molecule has 3 rings (SSSR count). The summed E-state index contributed by atoms with van der Waals surface area (Å²) in [5.41, 5.74) is 0.935. The molecule has 0 aliphatic carbocycles. The lowest BCUT2D eigenvalue weighted by Gasteiger charge is -2.33. The molecular formula is C20H25N5O3S. The van der Waals surface area contributed by atoms with Gasteiger partial charge in [0.1, 0.15) is 0 Å². The van der Waals surface area contributed by atoms with Gasteiger partial charge in [-0.3, -0.25) is 4.79 Å². The van der Waals surface area contributed by atoms with Crippen molar-refractivity contribution in [1.29, 1.82) is 0 Å². The van der Waals surface area contributed by atoms with Crippen molar-refractivity contribution in [2.45, 2.75) is 6.42 Å². The van der Waals surface area contributed by atoms with Crippen molar-refractivity contribution in [3.63, 3.8) is 0 Å². The molecule has 1 amide bonds. The maximum absolute atomic E-state index is 12.5. The first-order chi connectivity index (χ1) is 14.0. The second-order valence-electron chi connectivity index (χ2n) is 6.64. The lowest BCUT2D eigenvalue weighted by molar-refractivity contribution is -0.116. The maximum atomic E-state index is 12.5. The minimum absolute atomic E-state index is 0.0114. The van der Waals surface area contributed by atoms with E-state index in [1.807, 2.05) is 35.2 Å². The molecule has 2 heterocycles. The van der Waals surface area contributed by atoms with Gasteiger partial charge in [-0.25, -0.2) is 18.4 Å². The number of carbonyl (C=O) groups excluding carboxylic acids is 1. The molecular weight excluding hydrogens is 390 g/mol. The van der Waals surface area contributed by atoms with E-state index in [0.29, 0.717) is 45.1 Å². The fourth-order valence-corrected chi connectivity index (χ4v) is 4.50. The van der Waals surface area contributed by atoms with Crippen LogP contribution in [0.25, 0.3) is 6.08 Å². The number of hydrogen-bond acceptors (Lipinski definition) is 6. The summed E-state index contributed by atoms with van der Waals surface area (Å²) in [7, 11) is -3.35. The van der Waals surface area contributed by atoms with E-state index < -0.39 is 10.0 Å². The maximum Gasteiger partial charge on any atom is 0.243 e. The van der Waals surface area contributed by atoms with Crippen molar-refractivity contribution < 1.29 is 13.2 Å². The molecule has 9 heteroatoms. The lowest BCUT2D eigenvalue weighted by Crippen LogP contribution is -2.49. The van der Waals surface area contributed by atoms with Crippen molar-refractivity contribution in [3.8, 4) is 0 Å². The Labute approximate surface area is 171 Å². The Kier molecular flexibility index (Phi) is 7.31. The molecule has 1 aromatic heterocycles. The van der Waals surface area contributed by atoms with E-state index in [2.05, 4.69) is 15.3 Å². The van der Waals surface area contributed by atoms with E-state index in [9.17, 15) is 13.2 Å². The van der Waals surface area contributed by atoms with Crippen LogP contribution >= 0.6 is 0 Å². The minimum atomic E-state index is -3.35. The molecule has 0 bridgehead atoms. The molecule has 1 saturated heterocycles. The van der Waals surface area contributed by atoms with E-state index in [4.69, 9.17) is 0 Å². The molecule has 0 unspecified atom stereocenters. The quantitative estimate of drug-likeness (QED) is 0.513. The van der Waals surface area contributed by atoms with Gasteiger partial charge in [-0.15, -0.1) is 0 Å². The Balaban J connectivity index is 1.38. The van der Waals surface area contributed by atoms with Gasteiger partial charge in [0.15, 0.2) is 0 Å². The molecule has 0 atom stereocenters. The SMILES string of the molecule is O=C(/C=C\c1ccccc1)NCCCS(=O)(=O)N1CCN(c2ncccn2)CC1. The van der Waals surface area contributed by atoms with Gasteiger partial charge in [0.2, 0.25) is 21.9 Å². The molecule has 1 N–H and O–H groups in total. The van der Waals surface area contributed by atoms with Crippen LogP contribution in [0.5, 0.6) is 0 Å². The predicted octanol–water partition coefficient (Wildman–Crippen LogP) is 1.15. The Morgan fingerprint density at radius 3 is 2.41 bits per heavy atom. The molecule has 29 heavy (non-hydrogen) atoms. The van der Waals surface area contributed by atoms with Crippen molar-refractivity contribution >= 4 is 28.0 Å². The van der Waals surface area contributed by atoms with E-state index >= 15 is 0 Å². The second kappa shape index (κ2) is 10.1. The summed E-state index contributed by atoms with van der Waals surface area (Å²) in [6.07, 6.45) is 6.90. The summed E-state index contributed by atoms with van der Waals surface area (Å²) in [6, 6.07) is 11.3. The molecule has 0 radical (unpaired) electrons. The van der Waals surface area contributed by atoms with Crippen LogP contribution in [0.4, 0.5) is 5.95 Å². The van der Waals surface area contributed by atoms with E-state index in [-0.39, 0.29) is 11.7 Å². The zero-order valence-electron chi connectivity index (χ0n) is 16.1. The Morgan fingerprint density at radius 2 is 1.72 bits per heavy atom. The number of piperazine rings is 1. The minimum Gasteiger partial charge on any atom is -0.353 e. The third kappa shape index (κ3) is 6.37. The van der Waals surface area contributed by atoms with Gasteiger partial charge >= 0.3 is 0 Å². The first-order valence-electron chi connectivity index (χ1n) is 9.55. The van der Waals surface area contributed by atoms with Gasteiger partial charge in [0, 0.05) is 51.2 Å². The highest BCUT2D eigenvalue weighted by molar-refractivity contribution is 7.89. The number of hydrogen-bond donors (Lipinski definition) is 1. The van der Waals surface area contributed by atoms with Crippen LogP contribution in [0, 0.1) is 0 Å². The number of anilines is 1. The summed E-state index contributed by atoms with van der Waals surface area (Å²) >= 11 is 0. The smallest absolute Gasteiger partial charge is 0.243 e. The first-order valence-corrected chi connectivity index (χ1v) is 11.2. The Hall–Kier alpha value is -2.78. The highest BCUT2D eigenvalue weighted by Crippen LogP contribution is 2.13. The molecule has 8 nitrogen and oxygen atoms in total. The van der Waals surface area contributed by atoms with Crippen molar-refractivity contribution in [3.05, 3.63) is 60.4 Å². The zero-order valence-corrected chi connectivity index (χ0v) is 17.0. The van der Waals surface area contributed by atoms with E-state index in [0.717, 1.165) is 5.56 Å². The number of aromatic nitrogens is 2. The molecule has 154 valence electrons. The average molecular weight is 416 g/mol. The second-order valence-corrected chi connectivity index (χ2v) is 8.73. The highest BCUT2D eigenvalue weighted by atomic mass is 32.2. The summed E-state index contributed by atoms with van der Waals surface area (Å²) in [4.78, 5) is 22.2. The Morgan fingerprint density at radius 1 is 1.03 bits per heavy atom. The normalized spacial score (nSPS) is 15.5. The molecule has 1 fully saturated rings. The van der Waals surface area contributed by atoms with Crippen LogP contribution in [-0.2, 0) is 14.8 Å². The third-order valence-corrected chi connectivity index (χ3v) is 6.53. The molecule has 0 saturated carbocycles. The summed E-state index contributed by atoms with van der Waals surface area (Å²) < 4.78 is 26.6. The number of rotatable bonds is 8. The lowest BCUT2D eigenvalue weighted by atomic mass is 10.2. The van der Waals surface area contributed by atoms with Gasteiger partial charge in [-0.05, 0) is 24.1 Å². The number of benzene rings is 1. The average Bonchev–Trinajstić information content (AvgIpc) is 2.77. The molecule has 1 aliphatic rings. The third-order valence-electron chi connectivity index (χ3n) is 4.57. The molecule has 1 aliphatic heterocycles. The zero-order chi connectivity index (χ0) is 20.5.